The molecular weight excluding hydrogens is 346 g/mol. The lowest BCUT2D eigenvalue weighted by atomic mass is 10.1. The molecular formula is C25H29NO2. The normalized spacial score (nSPS) is 10.8. The van der Waals surface area contributed by atoms with Crippen LogP contribution >= 0.6 is 0 Å². The Kier molecular flexibility index (Phi) is 7.51. The lowest BCUT2D eigenvalue weighted by Crippen LogP contribution is -2.13. The van der Waals surface area contributed by atoms with Crippen LogP contribution in [-0.2, 0) is 19.6 Å². The third-order valence-electron chi connectivity index (χ3n) is 4.57. The molecule has 0 saturated carbocycles. The summed E-state index contributed by atoms with van der Waals surface area (Å²) >= 11 is 0. The Morgan fingerprint density at radius 1 is 0.714 bits per heavy atom. The Bertz CT molecular complexity index is 832. The van der Waals surface area contributed by atoms with Gasteiger partial charge in [-0.05, 0) is 68.4 Å². The van der Waals surface area contributed by atoms with Gasteiger partial charge in [-0.2, -0.15) is 0 Å². The molecule has 0 aliphatic rings. The molecule has 3 heteroatoms. The van der Waals surface area contributed by atoms with Crippen LogP contribution in [0.2, 0.25) is 0 Å². The van der Waals surface area contributed by atoms with Gasteiger partial charge in [0, 0.05) is 0 Å². The van der Waals surface area contributed by atoms with Crippen LogP contribution in [0.5, 0.6) is 11.5 Å². The lowest BCUT2D eigenvalue weighted by molar-refractivity contribution is 0.293. The van der Waals surface area contributed by atoms with Gasteiger partial charge in [0.1, 0.15) is 24.7 Å². The molecule has 0 aliphatic heterocycles. The fourth-order valence-electron chi connectivity index (χ4n) is 3.04. The van der Waals surface area contributed by atoms with Gasteiger partial charge in [0.2, 0.25) is 0 Å². The minimum absolute atomic E-state index is 0.572. The van der Waals surface area contributed by atoms with E-state index in [0.29, 0.717) is 13.2 Å². The Hall–Kier alpha value is -2.78. The molecule has 0 aliphatic carbocycles. The molecule has 0 bridgehead atoms. The van der Waals surface area contributed by atoms with Gasteiger partial charge in [0.25, 0.3) is 0 Å². The fraction of sp³-hybridized carbons (Fsp3) is 0.280. The molecule has 146 valence electrons. The first-order valence-electron chi connectivity index (χ1n) is 9.82. The highest BCUT2D eigenvalue weighted by Crippen LogP contribution is 2.27. The number of rotatable bonds is 10. The molecule has 0 N–H and O–H groups in total. The summed E-state index contributed by atoms with van der Waals surface area (Å²) in [4.78, 5) is 2.21. The SMILES string of the molecule is CN(C)CCCc1cc(OCc2ccccc2)ccc1OCc1ccccc1. The number of nitrogens with zero attached hydrogens (tertiary/aromatic N) is 1. The third-order valence-corrected chi connectivity index (χ3v) is 4.57. The second kappa shape index (κ2) is 10.5. The van der Waals surface area contributed by atoms with E-state index in [2.05, 4.69) is 49.3 Å². The number of hydrogen-bond donors (Lipinski definition) is 0. The minimum atomic E-state index is 0.572. The molecule has 0 saturated heterocycles. The van der Waals surface area contributed by atoms with E-state index in [1.54, 1.807) is 0 Å². The van der Waals surface area contributed by atoms with Crippen molar-refractivity contribution in [2.24, 2.45) is 0 Å². The molecule has 0 heterocycles. The van der Waals surface area contributed by atoms with Crippen LogP contribution < -0.4 is 9.47 Å². The van der Waals surface area contributed by atoms with Crippen LogP contribution in [0.25, 0.3) is 0 Å². The summed E-state index contributed by atoms with van der Waals surface area (Å²) in [6, 6.07) is 26.7. The molecule has 0 fully saturated rings. The average molecular weight is 376 g/mol. The Morgan fingerprint density at radius 2 is 1.32 bits per heavy atom. The number of hydrogen-bond acceptors (Lipinski definition) is 3. The second-order valence-corrected chi connectivity index (χ2v) is 7.22. The van der Waals surface area contributed by atoms with Gasteiger partial charge in [0.05, 0.1) is 0 Å². The summed E-state index contributed by atoms with van der Waals surface area (Å²) in [5.74, 6) is 1.82. The third kappa shape index (κ3) is 6.43. The van der Waals surface area contributed by atoms with Crippen molar-refractivity contribution in [2.75, 3.05) is 20.6 Å². The average Bonchev–Trinajstić information content (AvgIpc) is 2.73. The van der Waals surface area contributed by atoms with Gasteiger partial charge in [-0.15, -0.1) is 0 Å². The Labute approximate surface area is 168 Å². The minimum Gasteiger partial charge on any atom is -0.489 e. The fourth-order valence-corrected chi connectivity index (χ4v) is 3.04. The van der Waals surface area contributed by atoms with E-state index in [0.717, 1.165) is 30.9 Å². The molecule has 0 aromatic heterocycles. The van der Waals surface area contributed by atoms with Crippen molar-refractivity contribution in [1.82, 2.24) is 4.90 Å². The number of benzene rings is 3. The van der Waals surface area contributed by atoms with Gasteiger partial charge in [-0.3, -0.25) is 0 Å². The van der Waals surface area contributed by atoms with Crippen LogP contribution in [0.4, 0.5) is 0 Å². The second-order valence-electron chi connectivity index (χ2n) is 7.22. The highest BCUT2D eigenvalue weighted by molar-refractivity contribution is 5.41. The van der Waals surface area contributed by atoms with Crippen LogP contribution in [-0.4, -0.2) is 25.5 Å². The molecule has 3 rings (SSSR count). The van der Waals surface area contributed by atoms with Crippen molar-refractivity contribution >= 4 is 0 Å². The topological polar surface area (TPSA) is 21.7 Å². The molecule has 0 amide bonds. The maximum Gasteiger partial charge on any atom is 0.123 e. The van der Waals surface area contributed by atoms with Gasteiger partial charge in [-0.1, -0.05) is 60.7 Å². The predicted molar refractivity (Wildman–Crippen MR) is 115 cm³/mol. The maximum absolute atomic E-state index is 6.13. The van der Waals surface area contributed by atoms with Crippen LogP contribution in [0.15, 0.2) is 78.9 Å². The van der Waals surface area contributed by atoms with Crippen molar-refractivity contribution in [3.8, 4) is 11.5 Å². The van der Waals surface area contributed by atoms with E-state index < -0.39 is 0 Å². The standard InChI is InChI=1S/C25H29NO2/c1-26(2)17-9-14-23-18-24(27-19-21-10-5-3-6-11-21)15-16-25(23)28-20-22-12-7-4-8-13-22/h3-8,10-13,15-16,18H,9,14,17,19-20H2,1-2H3. The summed E-state index contributed by atoms with van der Waals surface area (Å²) in [5.41, 5.74) is 3.54. The highest BCUT2D eigenvalue weighted by atomic mass is 16.5. The highest BCUT2D eigenvalue weighted by Gasteiger charge is 2.08. The van der Waals surface area contributed by atoms with E-state index in [4.69, 9.17) is 9.47 Å². The molecule has 0 atom stereocenters. The zero-order valence-electron chi connectivity index (χ0n) is 16.8. The van der Waals surface area contributed by atoms with Crippen LogP contribution in [0.1, 0.15) is 23.1 Å². The van der Waals surface area contributed by atoms with Gasteiger partial charge >= 0.3 is 0 Å². The van der Waals surface area contributed by atoms with Gasteiger partial charge in [0.15, 0.2) is 0 Å². The predicted octanol–water partition coefficient (Wildman–Crippen LogP) is 5.34. The molecule has 0 unspecified atom stereocenters. The molecule has 3 nitrogen and oxygen atoms in total. The van der Waals surface area contributed by atoms with Crippen LogP contribution in [0.3, 0.4) is 0 Å². The van der Waals surface area contributed by atoms with Gasteiger partial charge < -0.3 is 14.4 Å². The van der Waals surface area contributed by atoms with Crippen molar-refractivity contribution in [1.29, 1.82) is 0 Å². The number of aryl methyl sites for hydroxylation is 1. The van der Waals surface area contributed by atoms with E-state index in [9.17, 15) is 0 Å². The Morgan fingerprint density at radius 3 is 1.93 bits per heavy atom. The molecule has 3 aromatic carbocycles. The summed E-state index contributed by atoms with van der Waals surface area (Å²) in [7, 11) is 4.21. The first kappa shape index (κ1) is 20.0. The van der Waals surface area contributed by atoms with Gasteiger partial charge in [-0.25, -0.2) is 0 Å². The quantitative estimate of drug-likeness (QED) is 0.477. The smallest absolute Gasteiger partial charge is 0.123 e. The monoisotopic (exact) mass is 375 g/mol. The maximum atomic E-state index is 6.13. The van der Waals surface area contributed by atoms with Crippen molar-refractivity contribution < 1.29 is 9.47 Å². The molecule has 0 spiro atoms. The molecule has 3 aromatic rings. The van der Waals surface area contributed by atoms with Crippen LogP contribution in [0, 0.1) is 0 Å². The van der Waals surface area contributed by atoms with E-state index in [1.165, 1.54) is 16.7 Å². The van der Waals surface area contributed by atoms with Crippen molar-refractivity contribution in [3.05, 3.63) is 95.6 Å². The first-order chi connectivity index (χ1) is 13.7. The lowest BCUT2D eigenvalue weighted by Gasteiger charge is -2.15. The summed E-state index contributed by atoms with van der Waals surface area (Å²) in [6.07, 6.45) is 2.04. The van der Waals surface area contributed by atoms with E-state index >= 15 is 0 Å². The molecule has 28 heavy (non-hydrogen) atoms. The van der Waals surface area contributed by atoms with Crippen molar-refractivity contribution in [3.63, 3.8) is 0 Å². The first-order valence-corrected chi connectivity index (χ1v) is 9.82. The zero-order valence-corrected chi connectivity index (χ0v) is 16.8. The largest absolute Gasteiger partial charge is 0.489 e. The van der Waals surface area contributed by atoms with E-state index in [1.807, 2.05) is 48.5 Å². The number of ether oxygens (including phenoxy) is 2. The van der Waals surface area contributed by atoms with E-state index in [-0.39, 0.29) is 0 Å². The molecule has 0 radical (unpaired) electrons. The summed E-state index contributed by atoms with van der Waals surface area (Å²) < 4.78 is 12.1. The van der Waals surface area contributed by atoms with Crippen molar-refractivity contribution in [2.45, 2.75) is 26.1 Å². The summed E-state index contributed by atoms with van der Waals surface area (Å²) in [6.45, 7) is 2.20. The summed E-state index contributed by atoms with van der Waals surface area (Å²) in [5, 5.41) is 0. The zero-order chi connectivity index (χ0) is 19.6. The Balaban J connectivity index is 1.68.